The van der Waals surface area contributed by atoms with Crippen LogP contribution in [-0.4, -0.2) is 32.2 Å². The zero-order chi connectivity index (χ0) is 20.4. The third-order valence-corrected chi connectivity index (χ3v) is 6.71. The number of benzene rings is 1. The summed E-state index contributed by atoms with van der Waals surface area (Å²) < 4.78 is 1.79. The molecule has 0 spiro atoms. The maximum Gasteiger partial charge on any atom is 0.225 e. The maximum absolute atomic E-state index is 9.78. The zero-order valence-electron chi connectivity index (χ0n) is 16.1. The number of aliphatic hydroxyl groups is 1. The molecule has 1 saturated carbocycles. The number of aliphatic hydroxyl groups excluding tert-OH is 1. The average molecular weight is 521 g/mol. The van der Waals surface area contributed by atoms with E-state index in [1.165, 1.54) is 0 Å². The Balaban J connectivity index is 1.60. The minimum atomic E-state index is -0.176. The second-order valence-corrected chi connectivity index (χ2v) is 9.09. The molecule has 8 heteroatoms. The van der Waals surface area contributed by atoms with Crippen molar-refractivity contribution in [2.75, 3.05) is 10.6 Å². The normalized spacial score (nSPS) is 19.3. The zero-order valence-corrected chi connectivity index (χ0v) is 19.3. The summed E-state index contributed by atoms with van der Waals surface area (Å²) in [4.78, 5) is 13.8. The molecule has 6 nitrogen and oxygen atoms in total. The molecule has 2 aromatic heterocycles. The Morgan fingerprint density at radius 1 is 1.14 bits per heavy atom. The van der Waals surface area contributed by atoms with Crippen molar-refractivity contribution in [3.05, 3.63) is 50.7 Å². The SMILES string of the molecule is Cc1cc(CNc2nc(NC3CCC(O)CC3)c3cccc(Br)c3n2)cnc1Br. The molecule has 1 aliphatic carbocycles. The Morgan fingerprint density at radius 3 is 2.69 bits per heavy atom. The van der Waals surface area contributed by atoms with Crippen LogP contribution >= 0.6 is 31.9 Å². The fourth-order valence-corrected chi connectivity index (χ4v) is 4.29. The van der Waals surface area contributed by atoms with Crippen LogP contribution in [0.15, 0.2) is 39.5 Å². The summed E-state index contributed by atoms with van der Waals surface area (Å²) in [6, 6.07) is 8.41. The van der Waals surface area contributed by atoms with Crippen molar-refractivity contribution in [3.63, 3.8) is 0 Å². The van der Waals surface area contributed by atoms with Crippen molar-refractivity contribution < 1.29 is 5.11 Å². The highest BCUT2D eigenvalue weighted by atomic mass is 79.9. The first-order valence-electron chi connectivity index (χ1n) is 9.75. The molecule has 1 fully saturated rings. The number of fused-ring (bicyclic) bond motifs is 1. The van der Waals surface area contributed by atoms with Crippen molar-refractivity contribution in [2.45, 2.75) is 51.3 Å². The summed E-state index contributed by atoms with van der Waals surface area (Å²) in [5.41, 5.74) is 3.03. The molecule has 29 heavy (non-hydrogen) atoms. The van der Waals surface area contributed by atoms with Gasteiger partial charge in [0.2, 0.25) is 5.95 Å². The molecule has 0 aliphatic heterocycles. The molecule has 0 radical (unpaired) electrons. The van der Waals surface area contributed by atoms with Gasteiger partial charge in [-0.15, -0.1) is 0 Å². The van der Waals surface area contributed by atoms with Gasteiger partial charge in [0, 0.05) is 28.6 Å². The molecule has 3 aromatic rings. The summed E-state index contributed by atoms with van der Waals surface area (Å²) >= 11 is 7.05. The number of nitrogens with zero attached hydrogens (tertiary/aromatic N) is 3. The van der Waals surface area contributed by atoms with Crippen molar-refractivity contribution in [3.8, 4) is 0 Å². The van der Waals surface area contributed by atoms with Gasteiger partial charge >= 0.3 is 0 Å². The van der Waals surface area contributed by atoms with Gasteiger partial charge in [-0.05, 0) is 87.7 Å². The third-order valence-electron chi connectivity index (χ3n) is 5.24. The van der Waals surface area contributed by atoms with Gasteiger partial charge in [0.15, 0.2) is 0 Å². The molecule has 152 valence electrons. The molecular weight excluding hydrogens is 498 g/mol. The summed E-state index contributed by atoms with van der Waals surface area (Å²) in [5, 5.41) is 17.7. The molecule has 0 atom stereocenters. The van der Waals surface area contributed by atoms with Crippen LogP contribution in [0.1, 0.15) is 36.8 Å². The number of aryl methyl sites for hydroxylation is 1. The molecule has 0 bridgehead atoms. The Hall–Kier alpha value is -1.77. The van der Waals surface area contributed by atoms with E-state index in [9.17, 15) is 5.11 Å². The van der Waals surface area contributed by atoms with Gasteiger partial charge in [0.25, 0.3) is 0 Å². The van der Waals surface area contributed by atoms with E-state index in [0.717, 1.165) is 62.6 Å². The molecule has 2 heterocycles. The number of rotatable bonds is 5. The predicted octanol–water partition coefficient (Wildman–Crippen LogP) is 5.19. The summed E-state index contributed by atoms with van der Waals surface area (Å²) in [6.45, 7) is 2.61. The van der Waals surface area contributed by atoms with E-state index in [4.69, 9.17) is 9.97 Å². The lowest BCUT2D eigenvalue weighted by Crippen LogP contribution is -2.28. The largest absolute Gasteiger partial charge is 0.393 e. The Bertz CT molecular complexity index is 1020. The molecular formula is C21H23Br2N5O. The fraction of sp³-hybridized carbons (Fsp3) is 0.381. The first-order valence-corrected chi connectivity index (χ1v) is 11.3. The van der Waals surface area contributed by atoms with Gasteiger partial charge in [0.05, 0.1) is 11.6 Å². The van der Waals surface area contributed by atoms with Crippen LogP contribution in [-0.2, 0) is 6.54 Å². The standard InChI is InChI=1S/C21H23Br2N5O/c1-12-9-13(10-24-19(12)23)11-25-21-27-18-16(3-2-4-17(18)22)20(28-21)26-14-5-7-15(29)8-6-14/h2-4,9-10,14-15,29H,5-8,11H2,1H3,(H2,25,26,27,28). The van der Waals surface area contributed by atoms with E-state index < -0.39 is 0 Å². The van der Waals surface area contributed by atoms with Gasteiger partial charge in [0.1, 0.15) is 10.4 Å². The monoisotopic (exact) mass is 519 g/mol. The van der Waals surface area contributed by atoms with Gasteiger partial charge in [-0.25, -0.2) is 9.97 Å². The lowest BCUT2D eigenvalue weighted by atomic mass is 9.93. The fourth-order valence-electron chi connectivity index (χ4n) is 3.61. The molecule has 0 amide bonds. The number of hydrogen-bond acceptors (Lipinski definition) is 6. The summed E-state index contributed by atoms with van der Waals surface area (Å²) in [7, 11) is 0. The number of halogens is 2. The Labute approximate surface area is 186 Å². The van der Waals surface area contributed by atoms with Gasteiger partial charge in [-0.1, -0.05) is 12.1 Å². The van der Waals surface area contributed by atoms with E-state index in [1.54, 1.807) is 0 Å². The topological polar surface area (TPSA) is 83.0 Å². The Morgan fingerprint density at radius 2 is 1.93 bits per heavy atom. The number of para-hydroxylation sites is 1. The summed E-state index contributed by atoms with van der Waals surface area (Å²) in [6.07, 6.45) is 5.19. The highest BCUT2D eigenvalue weighted by Crippen LogP contribution is 2.30. The van der Waals surface area contributed by atoms with Gasteiger partial charge in [-0.3, -0.25) is 0 Å². The number of aromatic nitrogens is 3. The number of hydrogen-bond donors (Lipinski definition) is 3. The second-order valence-electron chi connectivity index (χ2n) is 7.49. The maximum atomic E-state index is 9.78. The minimum absolute atomic E-state index is 0.176. The number of anilines is 2. The highest BCUT2D eigenvalue weighted by molar-refractivity contribution is 9.10. The van der Waals surface area contributed by atoms with Gasteiger partial charge in [-0.2, -0.15) is 4.98 Å². The quantitative estimate of drug-likeness (QED) is 0.402. The van der Waals surface area contributed by atoms with E-state index in [2.05, 4.69) is 53.5 Å². The number of nitrogens with one attached hydrogen (secondary N) is 2. The predicted molar refractivity (Wildman–Crippen MR) is 123 cm³/mol. The highest BCUT2D eigenvalue weighted by Gasteiger charge is 2.21. The molecule has 3 N–H and O–H groups in total. The lowest BCUT2D eigenvalue weighted by Gasteiger charge is -2.27. The lowest BCUT2D eigenvalue weighted by molar-refractivity contribution is 0.126. The van der Waals surface area contributed by atoms with Crippen LogP contribution in [0.25, 0.3) is 10.9 Å². The minimum Gasteiger partial charge on any atom is -0.393 e. The van der Waals surface area contributed by atoms with Crippen LogP contribution < -0.4 is 10.6 Å². The number of pyridine rings is 1. The van der Waals surface area contributed by atoms with Crippen LogP contribution in [0, 0.1) is 6.92 Å². The van der Waals surface area contributed by atoms with Crippen LogP contribution in [0.5, 0.6) is 0 Å². The first-order chi connectivity index (χ1) is 14.0. The molecule has 4 rings (SSSR count). The van der Waals surface area contributed by atoms with Crippen molar-refractivity contribution in [2.24, 2.45) is 0 Å². The van der Waals surface area contributed by atoms with Crippen molar-refractivity contribution in [1.82, 2.24) is 15.0 Å². The molecule has 1 aromatic carbocycles. The van der Waals surface area contributed by atoms with E-state index in [0.29, 0.717) is 18.5 Å². The first kappa shape index (κ1) is 20.5. The van der Waals surface area contributed by atoms with E-state index >= 15 is 0 Å². The molecule has 0 saturated heterocycles. The molecule has 1 aliphatic rings. The van der Waals surface area contributed by atoms with E-state index in [-0.39, 0.29) is 6.10 Å². The van der Waals surface area contributed by atoms with Crippen molar-refractivity contribution in [1.29, 1.82) is 0 Å². The van der Waals surface area contributed by atoms with Crippen LogP contribution in [0.4, 0.5) is 11.8 Å². The Kier molecular flexibility index (Phi) is 6.32. The van der Waals surface area contributed by atoms with Crippen molar-refractivity contribution >= 4 is 54.5 Å². The summed E-state index contributed by atoms with van der Waals surface area (Å²) in [5.74, 6) is 1.40. The third kappa shape index (κ3) is 4.87. The van der Waals surface area contributed by atoms with E-state index in [1.807, 2.05) is 31.3 Å². The second kappa shape index (κ2) is 8.93. The van der Waals surface area contributed by atoms with Crippen LogP contribution in [0.3, 0.4) is 0 Å². The molecule has 0 unspecified atom stereocenters. The average Bonchev–Trinajstić information content (AvgIpc) is 2.71. The van der Waals surface area contributed by atoms with Crippen LogP contribution in [0.2, 0.25) is 0 Å². The smallest absolute Gasteiger partial charge is 0.225 e. The van der Waals surface area contributed by atoms with Gasteiger partial charge < -0.3 is 15.7 Å².